The van der Waals surface area contributed by atoms with Crippen LogP contribution in [-0.4, -0.2) is 69.9 Å². The Hall–Kier alpha value is 0.577. The summed E-state index contributed by atoms with van der Waals surface area (Å²) >= 11 is 3.54. The van der Waals surface area contributed by atoms with Crippen molar-refractivity contribution in [3.05, 3.63) is 0 Å². The molecule has 80 valence electrons. The van der Waals surface area contributed by atoms with E-state index in [0.717, 1.165) is 5.33 Å². The van der Waals surface area contributed by atoms with Crippen LogP contribution in [0.3, 0.4) is 0 Å². The van der Waals surface area contributed by atoms with E-state index in [4.69, 9.17) is 0 Å². The molecule has 0 atom stereocenters. The topological polar surface area (TPSA) is 9.72 Å². The highest BCUT2D eigenvalue weighted by Crippen LogP contribution is 2.18. The quantitative estimate of drug-likeness (QED) is 0.544. The highest BCUT2D eigenvalue weighted by atomic mass is 79.9. The van der Waals surface area contributed by atoms with Gasteiger partial charge in [0.1, 0.15) is 0 Å². The second kappa shape index (κ2) is 5.46. The fourth-order valence-electron chi connectivity index (χ4n) is 2.00. The zero-order chi connectivity index (χ0) is 10.6. The van der Waals surface area contributed by atoms with Crippen molar-refractivity contribution in [3.63, 3.8) is 0 Å². The van der Waals surface area contributed by atoms with Crippen molar-refractivity contribution in [2.75, 3.05) is 47.6 Å². The van der Waals surface area contributed by atoms with Crippen LogP contribution < -0.4 is 0 Å². The van der Waals surface area contributed by atoms with Gasteiger partial charge in [0.2, 0.25) is 0 Å². The first-order chi connectivity index (χ1) is 5.89. The molecule has 0 saturated carbocycles. The fourth-order valence-corrected chi connectivity index (χ4v) is 7.59. The van der Waals surface area contributed by atoms with Crippen molar-refractivity contribution < 1.29 is 0 Å². The number of nitrogens with zero attached hydrogens (tertiary/aromatic N) is 3. The minimum Gasteiger partial charge on any atom is -0.305 e. The van der Waals surface area contributed by atoms with Crippen molar-refractivity contribution in [3.8, 4) is 0 Å². The van der Waals surface area contributed by atoms with Gasteiger partial charge in [-0.2, -0.15) is 0 Å². The van der Waals surface area contributed by atoms with Crippen LogP contribution in [0.5, 0.6) is 0 Å². The van der Waals surface area contributed by atoms with E-state index in [1.807, 2.05) is 0 Å². The number of rotatable bonds is 5. The Morgan fingerprint density at radius 1 is 0.846 bits per heavy atom. The molecular formula is C8H22BrN3Si. The maximum atomic E-state index is 3.54. The van der Waals surface area contributed by atoms with Crippen molar-refractivity contribution in [2.24, 2.45) is 0 Å². The second-order valence-corrected chi connectivity index (χ2v) is 9.42. The predicted molar refractivity (Wildman–Crippen MR) is 65.4 cm³/mol. The van der Waals surface area contributed by atoms with Gasteiger partial charge in [0.25, 0.3) is 8.56 Å². The normalized spacial score (nSPS) is 13.4. The Bertz CT molecular complexity index is 129. The molecule has 0 saturated heterocycles. The lowest BCUT2D eigenvalue weighted by atomic mass is 11.0. The molecule has 0 aliphatic carbocycles. The van der Waals surface area contributed by atoms with Crippen LogP contribution in [0, 0.1) is 0 Å². The van der Waals surface area contributed by atoms with Gasteiger partial charge in [-0.25, -0.2) is 0 Å². The monoisotopic (exact) mass is 267 g/mol. The summed E-state index contributed by atoms with van der Waals surface area (Å²) < 4.78 is 7.15. The summed E-state index contributed by atoms with van der Waals surface area (Å²) in [5.41, 5.74) is 0. The first-order valence-electron chi connectivity index (χ1n) is 4.47. The molecule has 0 rings (SSSR count). The van der Waals surface area contributed by atoms with Crippen molar-refractivity contribution >= 4 is 24.5 Å². The lowest BCUT2D eigenvalue weighted by Crippen LogP contribution is -2.69. The van der Waals surface area contributed by atoms with Crippen LogP contribution in [0.25, 0.3) is 0 Å². The summed E-state index contributed by atoms with van der Waals surface area (Å²) in [6, 6.07) is 1.21. The zero-order valence-corrected chi connectivity index (χ0v) is 12.2. The van der Waals surface area contributed by atoms with E-state index in [1.54, 1.807) is 0 Å². The third kappa shape index (κ3) is 2.76. The Labute approximate surface area is 92.1 Å². The average Bonchev–Trinajstić information content (AvgIpc) is 1.97. The van der Waals surface area contributed by atoms with Crippen molar-refractivity contribution in [2.45, 2.75) is 6.04 Å². The van der Waals surface area contributed by atoms with Gasteiger partial charge < -0.3 is 13.7 Å². The smallest absolute Gasteiger partial charge is 0.289 e. The molecule has 5 heteroatoms. The number of hydrogen-bond acceptors (Lipinski definition) is 3. The van der Waals surface area contributed by atoms with Gasteiger partial charge in [-0.15, -0.1) is 0 Å². The van der Waals surface area contributed by atoms with E-state index in [0.29, 0.717) is 0 Å². The van der Waals surface area contributed by atoms with E-state index >= 15 is 0 Å². The van der Waals surface area contributed by atoms with Gasteiger partial charge in [0.15, 0.2) is 0 Å². The van der Waals surface area contributed by atoms with Crippen LogP contribution in [0.1, 0.15) is 0 Å². The molecule has 0 fully saturated rings. The Balaban J connectivity index is 4.82. The van der Waals surface area contributed by atoms with E-state index in [-0.39, 0.29) is 0 Å². The summed E-state index contributed by atoms with van der Waals surface area (Å²) in [6.45, 7) is 0. The number of halogens is 1. The molecule has 0 aliphatic heterocycles. The third-order valence-electron chi connectivity index (χ3n) is 2.58. The second-order valence-electron chi connectivity index (χ2n) is 3.90. The van der Waals surface area contributed by atoms with E-state index in [2.05, 4.69) is 71.9 Å². The molecule has 0 N–H and O–H groups in total. The van der Waals surface area contributed by atoms with Gasteiger partial charge in [0, 0.05) is 5.33 Å². The fraction of sp³-hybridized carbons (Fsp3) is 1.00. The van der Waals surface area contributed by atoms with Crippen molar-refractivity contribution in [1.82, 2.24) is 13.7 Å². The lowest BCUT2D eigenvalue weighted by Gasteiger charge is -2.46. The van der Waals surface area contributed by atoms with E-state index in [9.17, 15) is 0 Å². The summed E-state index contributed by atoms with van der Waals surface area (Å²) in [4.78, 5) is 0. The highest BCUT2D eigenvalue weighted by Gasteiger charge is 2.41. The van der Waals surface area contributed by atoms with Gasteiger partial charge in [0.05, 0.1) is 0 Å². The molecule has 0 aromatic carbocycles. The molecule has 0 radical (unpaired) electrons. The molecule has 0 heterocycles. The molecule has 0 amide bonds. The van der Waals surface area contributed by atoms with Gasteiger partial charge in [-0.3, -0.25) is 0 Å². The maximum Gasteiger partial charge on any atom is 0.289 e. The van der Waals surface area contributed by atoms with Crippen LogP contribution in [-0.2, 0) is 0 Å². The molecule has 0 aliphatic rings. The Kier molecular flexibility index (Phi) is 5.70. The predicted octanol–water partition coefficient (Wildman–Crippen LogP) is 1.00. The van der Waals surface area contributed by atoms with E-state index in [1.165, 1.54) is 6.04 Å². The summed E-state index contributed by atoms with van der Waals surface area (Å²) in [5.74, 6) is 0. The first-order valence-corrected chi connectivity index (χ1v) is 7.65. The Morgan fingerprint density at radius 2 is 1.15 bits per heavy atom. The molecule has 0 aromatic rings. The standard InChI is InChI=1S/C8H22BrN3Si/c1-10(2)13(8-7-9,11(3)4)12(5)6/h7-8H2,1-6H3. The van der Waals surface area contributed by atoms with Gasteiger partial charge in [-0.05, 0) is 48.3 Å². The first kappa shape index (κ1) is 13.6. The summed E-state index contributed by atoms with van der Waals surface area (Å²) in [7, 11) is 11.5. The zero-order valence-electron chi connectivity index (χ0n) is 9.63. The molecule has 13 heavy (non-hydrogen) atoms. The molecule has 0 unspecified atom stereocenters. The van der Waals surface area contributed by atoms with E-state index < -0.39 is 8.56 Å². The third-order valence-corrected chi connectivity index (χ3v) is 8.93. The molecule has 0 spiro atoms. The van der Waals surface area contributed by atoms with Crippen LogP contribution in [0.2, 0.25) is 6.04 Å². The van der Waals surface area contributed by atoms with Crippen molar-refractivity contribution in [1.29, 1.82) is 0 Å². The average molecular weight is 268 g/mol. The van der Waals surface area contributed by atoms with Gasteiger partial charge >= 0.3 is 0 Å². The summed E-state index contributed by atoms with van der Waals surface area (Å²) in [6.07, 6.45) is 0. The summed E-state index contributed by atoms with van der Waals surface area (Å²) in [5, 5.41) is 1.06. The lowest BCUT2D eigenvalue weighted by molar-refractivity contribution is 0.379. The molecule has 0 aromatic heterocycles. The minimum atomic E-state index is -1.57. The highest BCUT2D eigenvalue weighted by molar-refractivity contribution is 9.09. The Morgan fingerprint density at radius 3 is 1.23 bits per heavy atom. The maximum absolute atomic E-state index is 3.54. The molecular weight excluding hydrogens is 246 g/mol. The van der Waals surface area contributed by atoms with Crippen LogP contribution in [0.4, 0.5) is 0 Å². The molecule has 0 bridgehead atoms. The van der Waals surface area contributed by atoms with Crippen LogP contribution >= 0.6 is 15.9 Å². The van der Waals surface area contributed by atoms with Gasteiger partial charge in [-0.1, -0.05) is 15.9 Å². The largest absolute Gasteiger partial charge is 0.305 e. The SMILES string of the molecule is CN(C)[Si](CCBr)(N(C)C)N(C)C. The number of hydrogen-bond donors (Lipinski definition) is 0. The number of alkyl halides is 1. The van der Waals surface area contributed by atoms with Crippen LogP contribution in [0.15, 0.2) is 0 Å². The minimum absolute atomic E-state index is 1.06. The molecule has 3 nitrogen and oxygen atoms in total.